The molecule has 5 heteroatoms. The lowest BCUT2D eigenvalue weighted by atomic mass is 9.92. The number of hydrogen-bond acceptors (Lipinski definition) is 4. The van der Waals surface area contributed by atoms with E-state index in [0.717, 1.165) is 43.0 Å². The zero-order chi connectivity index (χ0) is 17.1. The minimum Gasteiger partial charge on any atom is -0.393 e. The summed E-state index contributed by atoms with van der Waals surface area (Å²) in [5, 5.41) is 23.9. The van der Waals surface area contributed by atoms with E-state index < -0.39 is 0 Å². The molecule has 0 aliphatic carbocycles. The maximum Gasteiger partial charge on any atom is 0.103 e. The Morgan fingerprint density at radius 1 is 1.29 bits per heavy atom. The van der Waals surface area contributed by atoms with Crippen molar-refractivity contribution in [2.45, 2.75) is 39.3 Å². The molecule has 0 spiro atoms. The first-order valence-electron chi connectivity index (χ1n) is 8.54. The first-order chi connectivity index (χ1) is 11.6. The lowest BCUT2D eigenvalue weighted by Gasteiger charge is -2.33. The highest BCUT2D eigenvalue weighted by atomic mass is 16.3. The Labute approximate surface area is 143 Å². The van der Waals surface area contributed by atoms with E-state index in [2.05, 4.69) is 16.1 Å². The molecule has 0 saturated carbocycles. The predicted molar refractivity (Wildman–Crippen MR) is 92.7 cm³/mol. The molecule has 2 heterocycles. The molecule has 2 aromatic rings. The highest BCUT2D eigenvalue weighted by Crippen LogP contribution is 2.24. The van der Waals surface area contributed by atoms with E-state index in [0.29, 0.717) is 18.0 Å². The van der Waals surface area contributed by atoms with Gasteiger partial charge >= 0.3 is 0 Å². The van der Waals surface area contributed by atoms with Crippen LogP contribution in [0.3, 0.4) is 0 Å². The molecular weight excluding hydrogens is 300 g/mol. The standard InChI is InChI=1S/C19H24N4O/c1-14-18(12-20)19(23(21-14)17-6-4-3-5-7-17)13-22-10-8-16(9-11-22)15(2)24/h3-7,15-16,24H,8-11,13H2,1-2H3. The van der Waals surface area contributed by atoms with Crippen molar-refractivity contribution in [1.29, 1.82) is 5.26 Å². The summed E-state index contributed by atoms with van der Waals surface area (Å²) >= 11 is 0. The molecule has 1 aliphatic rings. The van der Waals surface area contributed by atoms with Gasteiger partial charge in [0.25, 0.3) is 0 Å². The Bertz CT molecular complexity index is 722. The number of aryl methyl sites for hydroxylation is 1. The molecule has 126 valence electrons. The minimum atomic E-state index is -0.237. The summed E-state index contributed by atoms with van der Waals surface area (Å²) in [6, 6.07) is 12.3. The van der Waals surface area contributed by atoms with Crippen LogP contribution in [0.1, 0.15) is 36.7 Å². The van der Waals surface area contributed by atoms with Crippen LogP contribution >= 0.6 is 0 Å². The summed E-state index contributed by atoms with van der Waals surface area (Å²) in [7, 11) is 0. The van der Waals surface area contributed by atoms with Crippen molar-refractivity contribution in [3.63, 3.8) is 0 Å². The van der Waals surface area contributed by atoms with Crippen molar-refractivity contribution in [3.8, 4) is 11.8 Å². The van der Waals surface area contributed by atoms with Gasteiger partial charge in [-0.3, -0.25) is 4.90 Å². The lowest BCUT2D eigenvalue weighted by molar-refractivity contribution is 0.0689. The van der Waals surface area contributed by atoms with Gasteiger partial charge in [-0.2, -0.15) is 10.4 Å². The highest BCUT2D eigenvalue weighted by molar-refractivity contribution is 5.43. The van der Waals surface area contributed by atoms with Crippen LogP contribution in [-0.4, -0.2) is 39.0 Å². The van der Waals surface area contributed by atoms with Gasteiger partial charge in [-0.05, 0) is 57.8 Å². The van der Waals surface area contributed by atoms with E-state index in [1.54, 1.807) is 0 Å². The first kappa shape index (κ1) is 16.7. The van der Waals surface area contributed by atoms with Crippen LogP contribution in [0.2, 0.25) is 0 Å². The average Bonchev–Trinajstić information content (AvgIpc) is 2.91. The molecule has 1 aliphatic heterocycles. The van der Waals surface area contributed by atoms with Crippen LogP contribution in [0, 0.1) is 24.2 Å². The van der Waals surface area contributed by atoms with Crippen LogP contribution in [0.5, 0.6) is 0 Å². The summed E-state index contributed by atoms with van der Waals surface area (Å²) in [5.41, 5.74) is 3.39. The van der Waals surface area contributed by atoms with Crippen molar-refractivity contribution in [2.75, 3.05) is 13.1 Å². The molecule has 1 aromatic heterocycles. The normalized spacial score (nSPS) is 17.6. The van der Waals surface area contributed by atoms with Gasteiger partial charge in [0.15, 0.2) is 0 Å². The van der Waals surface area contributed by atoms with E-state index >= 15 is 0 Å². The van der Waals surface area contributed by atoms with Gasteiger partial charge in [-0.1, -0.05) is 18.2 Å². The number of piperidine rings is 1. The van der Waals surface area contributed by atoms with Crippen LogP contribution in [-0.2, 0) is 6.54 Å². The Kier molecular flexibility index (Phi) is 4.98. The number of benzene rings is 1. The highest BCUT2D eigenvalue weighted by Gasteiger charge is 2.25. The molecule has 0 amide bonds. The molecule has 1 fully saturated rings. The number of hydrogen-bond donors (Lipinski definition) is 1. The number of nitriles is 1. The Balaban J connectivity index is 1.84. The fourth-order valence-electron chi connectivity index (χ4n) is 3.45. The summed E-state index contributed by atoms with van der Waals surface area (Å²) in [6.07, 6.45) is 1.76. The lowest BCUT2D eigenvalue weighted by Crippen LogP contribution is -2.37. The second kappa shape index (κ2) is 7.16. The van der Waals surface area contributed by atoms with Crippen LogP contribution in [0.25, 0.3) is 5.69 Å². The third-order valence-electron chi connectivity index (χ3n) is 4.96. The summed E-state index contributed by atoms with van der Waals surface area (Å²) in [5.74, 6) is 0.387. The molecule has 3 rings (SSSR count). The average molecular weight is 324 g/mol. The van der Waals surface area contributed by atoms with Crippen molar-refractivity contribution in [1.82, 2.24) is 14.7 Å². The maximum atomic E-state index is 9.76. The molecular formula is C19H24N4O. The van der Waals surface area contributed by atoms with Crippen LogP contribution in [0.15, 0.2) is 30.3 Å². The van der Waals surface area contributed by atoms with Crippen molar-refractivity contribution >= 4 is 0 Å². The second-order valence-electron chi connectivity index (χ2n) is 6.62. The van der Waals surface area contributed by atoms with Gasteiger partial charge in [0.2, 0.25) is 0 Å². The quantitative estimate of drug-likeness (QED) is 0.939. The smallest absolute Gasteiger partial charge is 0.103 e. The van der Waals surface area contributed by atoms with Gasteiger partial charge < -0.3 is 5.11 Å². The maximum absolute atomic E-state index is 9.76. The molecule has 1 unspecified atom stereocenters. The minimum absolute atomic E-state index is 0.237. The Morgan fingerprint density at radius 2 is 1.96 bits per heavy atom. The number of likely N-dealkylation sites (tertiary alicyclic amines) is 1. The second-order valence-corrected chi connectivity index (χ2v) is 6.62. The zero-order valence-corrected chi connectivity index (χ0v) is 14.3. The largest absolute Gasteiger partial charge is 0.393 e. The summed E-state index contributed by atoms with van der Waals surface area (Å²) in [4.78, 5) is 2.36. The van der Waals surface area contributed by atoms with E-state index in [1.807, 2.05) is 48.9 Å². The van der Waals surface area contributed by atoms with Gasteiger partial charge in [0.1, 0.15) is 6.07 Å². The Hall–Kier alpha value is -2.16. The first-order valence-corrected chi connectivity index (χ1v) is 8.54. The van der Waals surface area contributed by atoms with Crippen molar-refractivity contribution in [3.05, 3.63) is 47.3 Å². The number of rotatable bonds is 4. The fraction of sp³-hybridized carbons (Fsp3) is 0.474. The molecule has 24 heavy (non-hydrogen) atoms. The molecule has 0 bridgehead atoms. The van der Waals surface area contributed by atoms with E-state index in [1.165, 1.54) is 0 Å². The Morgan fingerprint density at radius 3 is 2.54 bits per heavy atom. The number of nitrogens with zero attached hydrogens (tertiary/aromatic N) is 4. The van der Waals surface area contributed by atoms with Crippen LogP contribution in [0.4, 0.5) is 0 Å². The number of aliphatic hydroxyl groups excluding tert-OH is 1. The van der Waals surface area contributed by atoms with Crippen molar-refractivity contribution in [2.24, 2.45) is 5.92 Å². The van der Waals surface area contributed by atoms with E-state index in [-0.39, 0.29) is 6.10 Å². The van der Waals surface area contributed by atoms with Crippen molar-refractivity contribution < 1.29 is 5.11 Å². The van der Waals surface area contributed by atoms with E-state index in [9.17, 15) is 10.4 Å². The van der Waals surface area contributed by atoms with Gasteiger partial charge in [0.05, 0.1) is 28.7 Å². The molecule has 0 radical (unpaired) electrons. The van der Waals surface area contributed by atoms with Gasteiger partial charge in [-0.15, -0.1) is 0 Å². The van der Waals surface area contributed by atoms with Crippen LogP contribution < -0.4 is 0 Å². The van der Waals surface area contributed by atoms with Gasteiger partial charge in [0, 0.05) is 6.54 Å². The summed E-state index contributed by atoms with van der Waals surface area (Å²) < 4.78 is 1.90. The topological polar surface area (TPSA) is 65.1 Å². The molecule has 5 nitrogen and oxygen atoms in total. The SMILES string of the molecule is Cc1nn(-c2ccccc2)c(CN2CCC(C(C)O)CC2)c1C#N. The number of para-hydroxylation sites is 1. The third-order valence-corrected chi connectivity index (χ3v) is 4.96. The molecule has 1 saturated heterocycles. The van der Waals surface area contributed by atoms with E-state index in [4.69, 9.17) is 0 Å². The number of aromatic nitrogens is 2. The molecule has 1 aromatic carbocycles. The summed E-state index contributed by atoms with van der Waals surface area (Å²) in [6.45, 7) is 6.37. The van der Waals surface area contributed by atoms with Gasteiger partial charge in [-0.25, -0.2) is 4.68 Å². The zero-order valence-electron chi connectivity index (χ0n) is 14.3. The fourth-order valence-corrected chi connectivity index (χ4v) is 3.45. The third kappa shape index (κ3) is 3.35. The predicted octanol–water partition coefficient (Wildman–Crippen LogP) is 2.65. The monoisotopic (exact) mass is 324 g/mol. The number of aliphatic hydroxyl groups is 1. The molecule has 1 atom stereocenters. The molecule has 1 N–H and O–H groups in total.